The summed E-state index contributed by atoms with van der Waals surface area (Å²) in [6, 6.07) is 11.9. The molecule has 0 radical (unpaired) electrons. The third-order valence-electron chi connectivity index (χ3n) is 3.65. The predicted molar refractivity (Wildman–Crippen MR) is 101 cm³/mol. The van der Waals surface area contributed by atoms with Crippen LogP contribution in [-0.2, 0) is 14.3 Å². The van der Waals surface area contributed by atoms with Crippen molar-refractivity contribution in [3.8, 4) is 0 Å². The number of esters is 1. The Morgan fingerprint density at radius 1 is 1.14 bits per heavy atom. The van der Waals surface area contributed by atoms with Crippen molar-refractivity contribution in [1.82, 2.24) is 0 Å². The summed E-state index contributed by atoms with van der Waals surface area (Å²) < 4.78 is 4.94. The normalized spacial score (nSPS) is 10.2. The van der Waals surface area contributed by atoms with Gasteiger partial charge in [0.1, 0.15) is 5.56 Å². The molecule has 0 saturated carbocycles. The quantitative estimate of drug-likeness (QED) is 0.407. The van der Waals surface area contributed by atoms with Crippen LogP contribution in [0.2, 0.25) is 5.02 Å². The number of ether oxygens (including phenoxy) is 1. The largest absolute Gasteiger partial charge is 0.452 e. The van der Waals surface area contributed by atoms with Gasteiger partial charge in [-0.2, -0.15) is 0 Å². The highest BCUT2D eigenvalue weighted by Crippen LogP contribution is 2.24. The highest BCUT2D eigenvalue weighted by atomic mass is 35.5. The van der Waals surface area contributed by atoms with Crippen LogP contribution in [0.3, 0.4) is 0 Å². The smallest absolute Gasteiger partial charge is 0.345 e. The van der Waals surface area contributed by atoms with Crippen LogP contribution in [0, 0.1) is 10.1 Å². The highest BCUT2D eigenvalue weighted by molar-refractivity contribution is 6.31. The van der Waals surface area contributed by atoms with Crippen molar-refractivity contribution in [2.75, 3.05) is 18.1 Å². The summed E-state index contributed by atoms with van der Waals surface area (Å²) in [5, 5.41) is 11.2. The summed E-state index contributed by atoms with van der Waals surface area (Å²) >= 11 is 5.71. The zero-order valence-corrected chi connectivity index (χ0v) is 15.3. The van der Waals surface area contributed by atoms with Crippen LogP contribution in [0.1, 0.15) is 16.8 Å². The van der Waals surface area contributed by atoms with Crippen LogP contribution in [0.4, 0.5) is 11.4 Å². The molecule has 0 aliphatic carbocycles. The average molecular weight is 406 g/mol. The summed E-state index contributed by atoms with van der Waals surface area (Å²) in [5.41, 5.74) is 4.77. The molecule has 0 spiro atoms. The van der Waals surface area contributed by atoms with E-state index in [2.05, 4.69) is 0 Å². The summed E-state index contributed by atoms with van der Waals surface area (Å²) in [6.07, 6.45) is -0.0861. The molecule has 28 heavy (non-hydrogen) atoms. The minimum Gasteiger partial charge on any atom is -0.452 e. The number of benzene rings is 2. The summed E-state index contributed by atoms with van der Waals surface area (Å²) in [7, 11) is 0. The lowest BCUT2D eigenvalue weighted by Crippen LogP contribution is -2.37. The first-order valence-corrected chi connectivity index (χ1v) is 8.42. The van der Waals surface area contributed by atoms with Crippen molar-refractivity contribution in [3.05, 3.63) is 69.2 Å². The Kier molecular flexibility index (Phi) is 7.05. The van der Waals surface area contributed by atoms with Gasteiger partial charge < -0.3 is 15.4 Å². The molecule has 0 unspecified atom stereocenters. The molecule has 0 aliphatic rings. The van der Waals surface area contributed by atoms with Crippen molar-refractivity contribution in [3.63, 3.8) is 0 Å². The number of nitrogens with zero attached hydrogens (tertiary/aromatic N) is 2. The van der Waals surface area contributed by atoms with E-state index in [-0.39, 0.29) is 23.6 Å². The molecule has 0 heterocycles. The molecule has 0 bridgehead atoms. The molecule has 10 heteroatoms. The minimum absolute atomic E-state index is 0.00315. The molecule has 0 saturated heterocycles. The topological polar surface area (TPSA) is 133 Å². The first kappa shape index (κ1) is 20.8. The van der Waals surface area contributed by atoms with Crippen molar-refractivity contribution in [2.45, 2.75) is 6.42 Å². The monoisotopic (exact) mass is 405 g/mol. The lowest BCUT2D eigenvalue weighted by atomic mass is 10.2. The number of hydrogen-bond donors (Lipinski definition) is 1. The number of carbonyl (C=O) groups excluding carboxylic acids is 3. The number of primary amides is 1. The Hall–Kier alpha value is -3.46. The average Bonchev–Trinajstić information content (AvgIpc) is 2.66. The molecule has 2 aromatic rings. The van der Waals surface area contributed by atoms with Crippen LogP contribution in [0.15, 0.2) is 48.5 Å². The summed E-state index contributed by atoms with van der Waals surface area (Å²) in [5.74, 6) is -2.25. The van der Waals surface area contributed by atoms with Crippen LogP contribution in [-0.4, -0.2) is 35.9 Å². The van der Waals surface area contributed by atoms with E-state index in [1.165, 1.54) is 11.0 Å². The Morgan fingerprint density at radius 2 is 1.82 bits per heavy atom. The second-order valence-corrected chi connectivity index (χ2v) is 6.03. The van der Waals surface area contributed by atoms with Gasteiger partial charge in [-0.15, -0.1) is 0 Å². The third-order valence-corrected chi connectivity index (χ3v) is 3.89. The van der Waals surface area contributed by atoms with E-state index in [4.69, 9.17) is 22.1 Å². The van der Waals surface area contributed by atoms with Gasteiger partial charge in [0.05, 0.1) is 4.92 Å². The van der Waals surface area contributed by atoms with E-state index in [1.807, 2.05) is 0 Å². The van der Waals surface area contributed by atoms with Gasteiger partial charge in [-0.25, -0.2) is 4.79 Å². The molecule has 0 fully saturated rings. The van der Waals surface area contributed by atoms with Crippen molar-refractivity contribution < 1.29 is 24.0 Å². The molecular formula is C18H16ClN3O6. The fraction of sp³-hybridized carbons (Fsp3) is 0.167. The maximum atomic E-state index is 12.5. The summed E-state index contributed by atoms with van der Waals surface area (Å²) in [6.45, 7) is -0.677. The minimum atomic E-state index is -1.04. The predicted octanol–water partition coefficient (Wildman–Crippen LogP) is 2.31. The number of hydrogen-bond acceptors (Lipinski definition) is 6. The number of nitro benzene ring substituents is 1. The number of anilines is 1. The second kappa shape index (κ2) is 9.47. The molecule has 0 atom stereocenters. The number of amides is 2. The SMILES string of the molecule is NC(=O)CCN(C(=O)COC(=O)c1ccc(Cl)cc1[N+](=O)[O-])c1ccccc1. The van der Waals surface area contributed by atoms with Crippen molar-refractivity contribution in [2.24, 2.45) is 5.73 Å². The van der Waals surface area contributed by atoms with Crippen LogP contribution in [0.25, 0.3) is 0 Å². The zero-order chi connectivity index (χ0) is 20.7. The van der Waals surface area contributed by atoms with Gasteiger partial charge in [-0.05, 0) is 24.3 Å². The van der Waals surface area contributed by atoms with E-state index in [9.17, 15) is 24.5 Å². The van der Waals surface area contributed by atoms with Gasteiger partial charge in [-0.1, -0.05) is 29.8 Å². The van der Waals surface area contributed by atoms with Gasteiger partial charge in [0, 0.05) is 29.7 Å². The maximum absolute atomic E-state index is 12.5. The fourth-order valence-corrected chi connectivity index (χ4v) is 2.51. The Balaban J connectivity index is 2.13. The maximum Gasteiger partial charge on any atom is 0.345 e. The number of nitro groups is 1. The van der Waals surface area contributed by atoms with Gasteiger partial charge >= 0.3 is 5.97 Å². The van der Waals surface area contributed by atoms with E-state index in [0.717, 1.165) is 12.1 Å². The van der Waals surface area contributed by atoms with Crippen LogP contribution in [0.5, 0.6) is 0 Å². The highest BCUT2D eigenvalue weighted by Gasteiger charge is 2.24. The van der Waals surface area contributed by atoms with E-state index < -0.39 is 35.0 Å². The van der Waals surface area contributed by atoms with E-state index in [1.54, 1.807) is 30.3 Å². The molecule has 0 aromatic heterocycles. The number of halogens is 1. The third kappa shape index (κ3) is 5.52. The molecule has 2 rings (SSSR count). The molecule has 0 aliphatic heterocycles. The van der Waals surface area contributed by atoms with E-state index >= 15 is 0 Å². The first-order valence-electron chi connectivity index (χ1n) is 8.04. The lowest BCUT2D eigenvalue weighted by molar-refractivity contribution is -0.385. The van der Waals surface area contributed by atoms with Crippen LogP contribution < -0.4 is 10.6 Å². The van der Waals surface area contributed by atoms with Crippen molar-refractivity contribution >= 4 is 40.8 Å². The first-order chi connectivity index (χ1) is 13.3. The number of para-hydroxylation sites is 1. The number of rotatable bonds is 8. The molecule has 9 nitrogen and oxygen atoms in total. The Labute approximate surface area is 164 Å². The van der Waals surface area contributed by atoms with Gasteiger partial charge in [-0.3, -0.25) is 19.7 Å². The Morgan fingerprint density at radius 3 is 2.43 bits per heavy atom. The standard InChI is InChI=1S/C18H16ClN3O6/c19-12-6-7-14(15(10-12)22(26)27)18(25)28-11-17(24)21(9-8-16(20)23)13-4-2-1-3-5-13/h1-7,10H,8-9,11H2,(H2,20,23). The molecule has 146 valence electrons. The zero-order valence-electron chi connectivity index (χ0n) is 14.5. The number of carbonyl (C=O) groups is 3. The van der Waals surface area contributed by atoms with Gasteiger partial charge in [0.25, 0.3) is 11.6 Å². The lowest BCUT2D eigenvalue weighted by Gasteiger charge is -2.22. The Bertz CT molecular complexity index is 903. The van der Waals surface area contributed by atoms with Crippen LogP contribution >= 0.6 is 11.6 Å². The molecule has 2 amide bonds. The molecular weight excluding hydrogens is 390 g/mol. The van der Waals surface area contributed by atoms with Crippen molar-refractivity contribution in [1.29, 1.82) is 0 Å². The van der Waals surface area contributed by atoms with Gasteiger partial charge in [0.15, 0.2) is 6.61 Å². The van der Waals surface area contributed by atoms with Gasteiger partial charge in [0.2, 0.25) is 5.91 Å². The number of nitrogens with two attached hydrogens (primary N) is 1. The molecule has 2 aromatic carbocycles. The molecule has 2 N–H and O–H groups in total. The van der Waals surface area contributed by atoms with E-state index in [0.29, 0.717) is 5.69 Å². The second-order valence-electron chi connectivity index (χ2n) is 5.59. The fourth-order valence-electron chi connectivity index (χ4n) is 2.34. The summed E-state index contributed by atoms with van der Waals surface area (Å²) in [4.78, 5) is 47.3.